The minimum Gasteiger partial charge on any atom is -0.394 e. The molecule has 5 aromatic rings. The molecule has 2 fully saturated rings. The van der Waals surface area contributed by atoms with Gasteiger partial charge in [0, 0.05) is 100 Å². The smallest absolute Gasteiger partial charge is 0.246 e. The number of benzene rings is 3. The van der Waals surface area contributed by atoms with Gasteiger partial charge in [-0.05, 0) is 86.6 Å². The summed E-state index contributed by atoms with van der Waals surface area (Å²) in [5.74, 6) is -17.6. The number of thioether (sulfide) groups is 1. The number of carbonyl (C=O) groups is 17. The topological polar surface area (TPSA) is 613 Å². The Labute approximate surface area is 746 Å². The van der Waals surface area contributed by atoms with Crippen molar-refractivity contribution in [3.05, 3.63) is 108 Å². The van der Waals surface area contributed by atoms with Crippen LogP contribution in [0.3, 0.4) is 0 Å². The molecule has 0 bridgehead atoms. The number of likely N-dealkylation sites (N-methyl/N-ethyl adjacent to an activating group) is 4. The summed E-state index contributed by atoms with van der Waals surface area (Å²) in [6.45, 7) is 4.71. The van der Waals surface area contributed by atoms with Crippen molar-refractivity contribution in [2.75, 3.05) is 79.1 Å². The van der Waals surface area contributed by atoms with Crippen LogP contribution in [0.2, 0.25) is 0 Å². The molecule has 42 heteroatoms. The van der Waals surface area contributed by atoms with Gasteiger partial charge in [0.15, 0.2) is 5.96 Å². The highest BCUT2D eigenvalue weighted by molar-refractivity contribution is 8.00. The summed E-state index contributed by atoms with van der Waals surface area (Å²) in [6.07, 6.45) is 3.36. The number of rotatable bonds is 25. The first kappa shape index (κ1) is 102. The van der Waals surface area contributed by atoms with Crippen LogP contribution in [0, 0.1) is 11.3 Å². The number of primary amides is 2. The Morgan fingerprint density at radius 2 is 1.02 bits per heavy atom. The second kappa shape index (κ2) is 50.0. The molecular formula is C86H124N22O19S. The van der Waals surface area contributed by atoms with Crippen molar-refractivity contribution in [2.45, 2.75) is 209 Å². The molecule has 2 saturated heterocycles. The largest absolute Gasteiger partial charge is 0.394 e. The lowest BCUT2D eigenvalue weighted by Gasteiger charge is -2.36. The number of nitrogens with zero attached hydrogens (tertiary/aromatic N) is 5. The standard InChI is InChI=1S/C86H124N22O19S/c1-10-12-30-66-79(121)97-57(29-21-33-91-86(89)90)75(117)103-65(74(116)94-42-70(88)112)46-128-47-72(114)96-60(36-50-23-15-14-16-24-50)82(124)105(7)49(5)73(115)98-62(39-69(87)111)84(126)108-34-22-32-67(108)80(122)102-64(45-110)78(120)99-59(35-48(3)4)81(123)104(6)43-71(113)95-58(37-51-40-92-55-27-19-17-25-53(51)55)76(118)101-63(44-109)77(119)100-61(38-52-41-93-56-28-20-18-26-54(52)56)83(125)107(9)68(31-13-11-2)85(127)106(66)8/h14-20,23-28,40-41,48-49,57-68,92-93,109-110H,10-13,21-22,29-39,42-47H2,1-9H3,(H2,87,111)(H2,88,112)(H,94,116)(H,95,113)(H,96,114)(H,97,121)(H,98,115)(H,99,120)(H,100,119)(H,101,118)(H,102,122)(H,103,117)(H4,89,90,91)/t49-,57-,58-,59-,60-,61-,62?,63-,64-,65-,66-,67-,68-/m0/s1. The number of H-pyrrole nitrogens is 2. The van der Waals surface area contributed by atoms with E-state index in [2.05, 4.69) is 68.5 Å². The fraction of sp³-hybridized carbons (Fsp3) is 0.535. The van der Waals surface area contributed by atoms with Gasteiger partial charge in [0.05, 0.1) is 38.5 Å². The van der Waals surface area contributed by atoms with Gasteiger partial charge in [0.1, 0.15) is 78.5 Å². The molecule has 3 aromatic carbocycles. The summed E-state index contributed by atoms with van der Waals surface area (Å²) in [7, 11) is 5.18. The number of aromatic amines is 2. The number of para-hydroxylation sites is 2. The Balaban J connectivity index is 1.29. The molecule has 128 heavy (non-hydrogen) atoms. The van der Waals surface area contributed by atoms with E-state index in [0.717, 1.165) is 36.3 Å². The predicted octanol–water partition coefficient (Wildman–Crippen LogP) is -3.11. The number of fused-ring (bicyclic) bond motifs is 3. The minimum atomic E-state index is -1.85. The summed E-state index contributed by atoms with van der Waals surface area (Å²) >= 11 is 0.788. The highest BCUT2D eigenvalue weighted by Gasteiger charge is 2.44. The number of carbonyl (C=O) groups excluding carboxylic acids is 17. The molecule has 41 nitrogen and oxygen atoms in total. The van der Waals surface area contributed by atoms with E-state index in [1.54, 1.807) is 105 Å². The number of aliphatic hydroxyl groups is 2. The van der Waals surface area contributed by atoms with Crippen molar-refractivity contribution >= 4 is 140 Å². The van der Waals surface area contributed by atoms with Crippen LogP contribution in [-0.2, 0) is 101 Å². The number of guanidine groups is 1. The SMILES string of the molecule is CCCC[C@H]1C(=O)N(C)[C@@H](CCCC)C(=O)N[C@@H](CCCNC(=N)N)C(=O)N[C@H](C(=O)NCC(N)=O)CSCC(=O)N[C@@H](Cc2ccccc2)C(=O)N(C)[C@@H](C)C(=O)NC(CC(N)=O)C(=O)N2CCC[C@H]2C(=O)N[C@@H](CO)C(=O)N[C@@H](CC(C)C)C(=O)N(C)CC(=O)N[C@@H](Cc2c[nH]c3ccccc23)C(=O)N[C@@H](CO)C(=O)N[C@@H](Cc2c[nH]c3ccccc23)C(=O)N1C. The van der Waals surface area contributed by atoms with E-state index in [1.165, 1.54) is 35.1 Å². The van der Waals surface area contributed by atoms with E-state index in [1.807, 2.05) is 13.8 Å². The molecule has 2 aliphatic rings. The van der Waals surface area contributed by atoms with Crippen LogP contribution in [-0.4, -0.2) is 309 Å². The zero-order chi connectivity index (χ0) is 94.2. The zero-order valence-electron chi connectivity index (χ0n) is 73.7. The summed E-state index contributed by atoms with van der Waals surface area (Å²) in [5, 5.41) is 59.4. The lowest BCUT2D eigenvalue weighted by Crippen LogP contribution is -2.61. The molecule has 0 radical (unpaired) electrons. The van der Waals surface area contributed by atoms with Crippen molar-refractivity contribution in [3.8, 4) is 0 Å². The van der Waals surface area contributed by atoms with E-state index in [0.29, 0.717) is 64.2 Å². The van der Waals surface area contributed by atoms with Crippen molar-refractivity contribution < 1.29 is 91.7 Å². The van der Waals surface area contributed by atoms with Crippen LogP contribution < -0.4 is 75.7 Å². The predicted molar refractivity (Wildman–Crippen MR) is 474 cm³/mol. The van der Waals surface area contributed by atoms with E-state index in [4.69, 9.17) is 22.6 Å². The number of hydrogen-bond donors (Lipinski definition) is 19. The van der Waals surface area contributed by atoms with E-state index < -0.39 is 229 Å². The lowest BCUT2D eigenvalue weighted by atomic mass is 10.00. The summed E-state index contributed by atoms with van der Waals surface area (Å²) in [4.78, 5) is 257. The van der Waals surface area contributed by atoms with Gasteiger partial charge in [-0.15, -0.1) is 11.8 Å². The molecular weight excluding hydrogens is 1680 g/mol. The number of aromatic nitrogens is 2. The maximum absolute atomic E-state index is 15.6. The number of hydrogen-bond acceptors (Lipinski definition) is 21. The Bertz CT molecular complexity index is 4760. The van der Waals surface area contributed by atoms with Crippen molar-refractivity contribution in [3.63, 3.8) is 0 Å². The number of nitrogens with two attached hydrogens (primary N) is 3. The molecule has 17 amide bonds. The molecule has 0 saturated carbocycles. The van der Waals surface area contributed by atoms with Crippen LogP contribution in [0.4, 0.5) is 0 Å². The van der Waals surface area contributed by atoms with E-state index >= 15 is 19.2 Å². The van der Waals surface area contributed by atoms with Gasteiger partial charge in [-0.3, -0.25) is 86.9 Å². The third-order valence-corrected chi connectivity index (χ3v) is 23.4. The highest BCUT2D eigenvalue weighted by atomic mass is 32.2. The summed E-state index contributed by atoms with van der Waals surface area (Å²) in [6, 6.07) is 2.38. The second-order valence-corrected chi connectivity index (χ2v) is 33.6. The Morgan fingerprint density at radius 3 is 1.60 bits per heavy atom. The third-order valence-electron chi connectivity index (χ3n) is 22.3. The van der Waals surface area contributed by atoms with Gasteiger partial charge >= 0.3 is 0 Å². The molecule has 22 N–H and O–H groups in total. The van der Waals surface area contributed by atoms with Gasteiger partial charge in [-0.2, -0.15) is 0 Å². The fourth-order valence-corrected chi connectivity index (χ4v) is 16.0. The van der Waals surface area contributed by atoms with Gasteiger partial charge in [-0.1, -0.05) is 120 Å². The van der Waals surface area contributed by atoms with Gasteiger partial charge < -0.3 is 120 Å². The average Bonchev–Trinajstić information content (AvgIpc) is 1.51. The second-order valence-electron chi connectivity index (χ2n) is 32.6. The van der Waals surface area contributed by atoms with Crippen LogP contribution >= 0.6 is 11.8 Å². The summed E-state index contributed by atoms with van der Waals surface area (Å²) in [5.41, 5.74) is 19.6. The maximum atomic E-state index is 15.6. The van der Waals surface area contributed by atoms with Crippen LogP contribution in [0.15, 0.2) is 91.3 Å². The molecule has 2 aromatic heterocycles. The van der Waals surface area contributed by atoms with Gasteiger partial charge in [-0.25, -0.2) is 0 Å². The third kappa shape index (κ3) is 29.7. The van der Waals surface area contributed by atoms with Crippen molar-refractivity contribution in [1.82, 2.24) is 93.0 Å². The molecule has 7 rings (SSSR count). The first-order valence-corrected chi connectivity index (χ1v) is 44.0. The molecule has 1 unspecified atom stereocenters. The Kier molecular flexibility index (Phi) is 40.0. The van der Waals surface area contributed by atoms with Gasteiger partial charge in [0.2, 0.25) is 100 Å². The molecule has 13 atom stereocenters. The van der Waals surface area contributed by atoms with Crippen LogP contribution in [0.5, 0.6) is 0 Å². The highest BCUT2D eigenvalue weighted by Crippen LogP contribution is 2.26. The van der Waals surface area contributed by atoms with E-state index in [-0.39, 0.29) is 83.2 Å². The molecule has 698 valence electrons. The summed E-state index contributed by atoms with van der Waals surface area (Å²) < 4.78 is 0. The maximum Gasteiger partial charge on any atom is 0.246 e. The first-order valence-electron chi connectivity index (χ1n) is 42.8. The van der Waals surface area contributed by atoms with Gasteiger partial charge in [0.25, 0.3) is 0 Å². The quantitative estimate of drug-likeness (QED) is 0.0156. The van der Waals surface area contributed by atoms with Crippen molar-refractivity contribution in [1.29, 1.82) is 5.41 Å². The van der Waals surface area contributed by atoms with E-state index in [9.17, 15) is 72.5 Å². The lowest BCUT2D eigenvalue weighted by molar-refractivity contribution is -0.149. The van der Waals surface area contributed by atoms with Crippen LogP contribution in [0.1, 0.15) is 128 Å². The Morgan fingerprint density at radius 1 is 0.516 bits per heavy atom. The molecule has 2 aliphatic heterocycles. The number of amides is 17. The average molecular weight is 1800 g/mol. The fourth-order valence-electron chi connectivity index (χ4n) is 15.2. The molecule has 4 heterocycles. The minimum absolute atomic E-state index is 0.000205. The first-order chi connectivity index (χ1) is 60.9. The number of unbranched alkanes of at least 4 members (excludes halogenated alkanes) is 2. The van der Waals surface area contributed by atoms with Crippen LogP contribution in [0.25, 0.3) is 21.8 Å². The molecule has 0 aliphatic carbocycles. The number of nitrogens with one attached hydrogen (secondary N) is 14. The normalized spacial score (nSPS) is 23.9. The molecule has 0 spiro atoms. The zero-order valence-corrected chi connectivity index (χ0v) is 74.5. The monoisotopic (exact) mass is 1800 g/mol. The van der Waals surface area contributed by atoms with Crippen molar-refractivity contribution in [2.24, 2.45) is 23.1 Å². The Hall–Kier alpha value is -12.7. The number of aliphatic hydroxyl groups excluding tert-OH is 2.